The molecule has 13 heteroatoms. The molecule has 3 aliphatic rings. The van der Waals surface area contributed by atoms with Crippen molar-refractivity contribution in [3.8, 4) is 40.6 Å². The molecule has 12 nitrogen and oxygen atoms in total. The number of nitrogens with one attached hydrogen (secondary N) is 1. The number of sulfonamides is 1. The average Bonchev–Trinajstić information content (AvgIpc) is 3.05. The van der Waals surface area contributed by atoms with Crippen molar-refractivity contribution in [3.05, 3.63) is 63.2 Å². The number of piperazine rings is 1. The van der Waals surface area contributed by atoms with Crippen LogP contribution in [0.5, 0.6) is 34.5 Å². The van der Waals surface area contributed by atoms with Crippen LogP contribution in [0.3, 0.4) is 0 Å². The van der Waals surface area contributed by atoms with Gasteiger partial charge in [0, 0.05) is 52.0 Å². The Morgan fingerprint density at radius 1 is 0.833 bits per heavy atom. The Balaban J connectivity index is 1.59. The second-order valence-corrected chi connectivity index (χ2v) is 14.5. The highest BCUT2D eigenvalue weighted by Gasteiger charge is 2.57. The fourth-order valence-electron chi connectivity index (χ4n) is 8.40. The summed E-state index contributed by atoms with van der Waals surface area (Å²) in [6.45, 7) is 5.34. The lowest BCUT2D eigenvalue weighted by molar-refractivity contribution is -0.0720. The molecule has 0 aromatic heterocycles. The molecule has 1 saturated heterocycles. The number of phenols is 2. The van der Waals surface area contributed by atoms with Gasteiger partial charge in [0.25, 0.3) is 0 Å². The second kappa shape index (κ2) is 12.3. The SMILES string of the molecule is COc1c(C)c(OC)c2c(c1O)[C@H]1[C@@H]3Cc4c(OC)c(C)c(OC)c(O)c4[C@H](CNS(=O)(=O)c4ccc(C)cc4)N3[C@@H](C#N)[C@@H](C2)N1C. The minimum atomic E-state index is -3.99. The van der Waals surface area contributed by atoms with E-state index in [0.29, 0.717) is 57.9 Å². The predicted molar refractivity (Wildman–Crippen MR) is 178 cm³/mol. The van der Waals surface area contributed by atoms with Gasteiger partial charge in [-0.1, -0.05) is 17.7 Å². The molecule has 5 atom stereocenters. The van der Waals surface area contributed by atoms with Crippen LogP contribution in [0.25, 0.3) is 0 Å². The minimum Gasteiger partial charge on any atom is -0.504 e. The van der Waals surface area contributed by atoms with Gasteiger partial charge >= 0.3 is 0 Å². The predicted octanol–water partition coefficient (Wildman–Crippen LogP) is 3.81. The number of fused-ring (bicyclic) bond motifs is 7. The number of nitriles is 1. The average molecular weight is 679 g/mol. The van der Waals surface area contributed by atoms with Gasteiger partial charge in [0.1, 0.15) is 17.5 Å². The third-order valence-corrected chi connectivity index (χ3v) is 11.9. The molecule has 0 radical (unpaired) electrons. The molecule has 3 N–H and O–H groups in total. The number of hydrogen-bond acceptors (Lipinski definition) is 11. The van der Waals surface area contributed by atoms with E-state index in [1.807, 2.05) is 25.8 Å². The van der Waals surface area contributed by atoms with Crippen LogP contribution in [-0.4, -0.2) is 88.6 Å². The van der Waals surface area contributed by atoms with Crippen LogP contribution >= 0.6 is 0 Å². The van der Waals surface area contributed by atoms with Crippen molar-refractivity contribution < 1.29 is 37.6 Å². The van der Waals surface area contributed by atoms with Gasteiger partial charge in [-0.15, -0.1) is 0 Å². The van der Waals surface area contributed by atoms with Crippen molar-refractivity contribution in [2.24, 2.45) is 0 Å². The molecule has 0 aliphatic carbocycles. The van der Waals surface area contributed by atoms with Gasteiger partial charge < -0.3 is 29.2 Å². The first-order chi connectivity index (χ1) is 22.9. The number of aromatic hydroxyl groups is 2. The summed E-state index contributed by atoms with van der Waals surface area (Å²) >= 11 is 0. The number of hydrogen-bond donors (Lipinski definition) is 3. The first kappa shape index (κ1) is 33.7. The highest BCUT2D eigenvalue weighted by molar-refractivity contribution is 7.89. The lowest BCUT2D eigenvalue weighted by Crippen LogP contribution is -2.68. The molecule has 0 spiro atoms. The van der Waals surface area contributed by atoms with E-state index in [2.05, 4.69) is 15.7 Å². The molecule has 1 fully saturated rings. The zero-order chi connectivity index (χ0) is 34.8. The number of methoxy groups -OCH3 is 4. The molecule has 0 saturated carbocycles. The minimum absolute atomic E-state index is 0.000368. The summed E-state index contributed by atoms with van der Waals surface area (Å²) < 4.78 is 53.2. The molecule has 2 bridgehead atoms. The van der Waals surface area contributed by atoms with Gasteiger partial charge in [0.05, 0.1) is 51.5 Å². The van der Waals surface area contributed by atoms with Crippen LogP contribution in [0.1, 0.15) is 51.0 Å². The molecule has 3 heterocycles. The van der Waals surface area contributed by atoms with Gasteiger partial charge in [0.15, 0.2) is 23.0 Å². The van der Waals surface area contributed by atoms with E-state index >= 15 is 0 Å². The molecule has 256 valence electrons. The van der Waals surface area contributed by atoms with Crippen molar-refractivity contribution in [3.63, 3.8) is 0 Å². The summed E-state index contributed by atoms with van der Waals surface area (Å²) in [4.78, 5) is 4.22. The van der Waals surface area contributed by atoms with Crippen molar-refractivity contribution in [1.29, 1.82) is 5.26 Å². The highest BCUT2D eigenvalue weighted by Crippen LogP contribution is 2.58. The Hall–Kier alpha value is -4.22. The van der Waals surface area contributed by atoms with E-state index in [1.165, 1.54) is 14.2 Å². The largest absolute Gasteiger partial charge is 0.504 e. The topological polar surface area (TPSA) is 154 Å². The zero-order valence-corrected chi connectivity index (χ0v) is 29.2. The quantitative estimate of drug-likeness (QED) is 0.319. The summed E-state index contributed by atoms with van der Waals surface area (Å²) in [5.41, 5.74) is 4.73. The molecule has 3 aliphatic heterocycles. The fraction of sp³-hybridized carbons (Fsp3) is 0.457. The van der Waals surface area contributed by atoms with Crippen molar-refractivity contribution in [1.82, 2.24) is 14.5 Å². The highest BCUT2D eigenvalue weighted by atomic mass is 32.2. The molecule has 0 amide bonds. The van der Waals surface area contributed by atoms with Crippen LogP contribution in [0.2, 0.25) is 0 Å². The Kier molecular flexibility index (Phi) is 8.66. The van der Waals surface area contributed by atoms with Crippen molar-refractivity contribution in [2.75, 3.05) is 42.0 Å². The van der Waals surface area contributed by atoms with Crippen molar-refractivity contribution >= 4 is 10.0 Å². The fourth-order valence-corrected chi connectivity index (χ4v) is 9.44. The van der Waals surface area contributed by atoms with Gasteiger partial charge in [-0.2, -0.15) is 5.26 Å². The number of nitrogens with zero attached hydrogens (tertiary/aromatic N) is 3. The maximum atomic E-state index is 13.6. The molecule has 6 rings (SSSR count). The Labute approximate surface area is 281 Å². The van der Waals surface area contributed by atoms with Gasteiger partial charge in [-0.25, -0.2) is 13.1 Å². The molecular formula is C35H42N4O8S. The number of likely N-dealkylation sites (N-methyl/N-ethyl adjacent to an activating group) is 1. The summed E-state index contributed by atoms with van der Waals surface area (Å²) in [5, 5.41) is 34.5. The summed E-state index contributed by atoms with van der Waals surface area (Å²) in [7, 11) is 4.03. The smallest absolute Gasteiger partial charge is 0.240 e. The van der Waals surface area contributed by atoms with E-state index in [4.69, 9.17) is 18.9 Å². The lowest BCUT2D eigenvalue weighted by Gasteiger charge is -2.60. The number of ether oxygens (including phenoxy) is 4. The maximum absolute atomic E-state index is 13.6. The number of aryl methyl sites for hydroxylation is 1. The molecule has 0 unspecified atom stereocenters. The number of rotatable bonds is 8. The monoisotopic (exact) mass is 678 g/mol. The molecule has 3 aromatic carbocycles. The number of phenolic OH excluding ortho intramolecular Hbond substituents is 2. The van der Waals surface area contributed by atoms with Crippen LogP contribution < -0.4 is 23.7 Å². The molecular weight excluding hydrogens is 636 g/mol. The van der Waals surface area contributed by atoms with E-state index in [9.17, 15) is 23.9 Å². The van der Waals surface area contributed by atoms with Crippen LogP contribution in [0, 0.1) is 32.1 Å². The van der Waals surface area contributed by atoms with E-state index in [-0.39, 0.29) is 34.7 Å². The third kappa shape index (κ3) is 4.84. The maximum Gasteiger partial charge on any atom is 0.240 e. The normalized spacial score (nSPS) is 23.4. The Bertz CT molecular complexity index is 1920. The number of benzene rings is 3. The van der Waals surface area contributed by atoms with Gasteiger partial charge in [-0.3, -0.25) is 9.80 Å². The van der Waals surface area contributed by atoms with Gasteiger partial charge in [0.2, 0.25) is 10.0 Å². The molecule has 48 heavy (non-hydrogen) atoms. The second-order valence-electron chi connectivity index (χ2n) is 12.7. The first-order valence-corrected chi connectivity index (χ1v) is 17.2. The Morgan fingerprint density at radius 2 is 1.33 bits per heavy atom. The van der Waals surface area contributed by atoms with E-state index in [0.717, 1.165) is 11.1 Å². The van der Waals surface area contributed by atoms with Crippen LogP contribution in [-0.2, 0) is 22.9 Å². The third-order valence-electron chi connectivity index (χ3n) is 10.5. The summed E-state index contributed by atoms with van der Waals surface area (Å²) in [6.07, 6.45) is 0.696. The lowest BCUT2D eigenvalue weighted by atomic mass is 9.71. The Morgan fingerprint density at radius 3 is 1.85 bits per heavy atom. The van der Waals surface area contributed by atoms with Crippen LogP contribution in [0.15, 0.2) is 29.2 Å². The standard InChI is InChI=1S/C35H42N4O8S/c1-17-9-11-20(12-10-17)48(42,43)37-16-26-27-21(32(44-5)18(2)34(46-7)30(27)40)14-24-29-28-22(13-23(38(29)4)25(15-36)39(24)26)33(45-6)19(3)35(47-8)31(28)41/h9-12,23-26,29,37,40-41H,13-14,16H2,1-8H3/t23-,24+,25+,26+,29-/m1/s1. The summed E-state index contributed by atoms with van der Waals surface area (Å²) in [6, 6.07) is 6.22. The van der Waals surface area contributed by atoms with Crippen molar-refractivity contribution in [2.45, 2.75) is 68.7 Å². The van der Waals surface area contributed by atoms with Gasteiger partial charge in [-0.05, 0) is 52.8 Å². The summed E-state index contributed by atoms with van der Waals surface area (Å²) in [5.74, 6) is 1.49. The van der Waals surface area contributed by atoms with E-state index in [1.54, 1.807) is 45.4 Å². The van der Waals surface area contributed by atoms with E-state index < -0.39 is 34.2 Å². The van der Waals surface area contributed by atoms with Crippen LogP contribution in [0.4, 0.5) is 0 Å². The molecule has 3 aromatic rings. The first-order valence-electron chi connectivity index (χ1n) is 15.7. The zero-order valence-electron chi connectivity index (χ0n) is 28.4.